The van der Waals surface area contributed by atoms with Crippen molar-refractivity contribution in [1.29, 1.82) is 0 Å². The maximum atomic E-state index is 5.91. The minimum Gasteiger partial charge on any atom is -0.497 e. The van der Waals surface area contributed by atoms with Gasteiger partial charge in [-0.2, -0.15) is 0 Å². The molecule has 0 radical (unpaired) electrons. The fourth-order valence-electron chi connectivity index (χ4n) is 2.38. The van der Waals surface area contributed by atoms with Crippen LogP contribution in [0.2, 0.25) is 0 Å². The smallest absolute Gasteiger partial charge is 0.294 e. The number of nitrogens with two attached hydrogens (primary N) is 1. The standard InChI is InChI=1S/C20H27N3O2.C2H6O.C2H6/c1-5-6-17(24-4)9-7-14(2)19-11-12-22-20(25-19)23-16-8-10-18(21)15(3)13-16;1-3-2;1-2/h6-11,13-14H,5,12,21H2,1-4H3,(H,22,23);1-2H3;1-2H3/b9-7-,17-6+;;. The van der Waals surface area contributed by atoms with Crippen molar-refractivity contribution in [3.8, 4) is 0 Å². The van der Waals surface area contributed by atoms with Crippen LogP contribution >= 0.6 is 0 Å². The number of amidine groups is 1. The van der Waals surface area contributed by atoms with Crippen molar-refractivity contribution < 1.29 is 14.2 Å². The Bertz CT molecular complexity index is 737. The van der Waals surface area contributed by atoms with Crippen LogP contribution in [0.1, 0.15) is 39.7 Å². The van der Waals surface area contributed by atoms with Crippen molar-refractivity contribution in [1.82, 2.24) is 0 Å². The zero-order valence-electron chi connectivity index (χ0n) is 19.8. The highest BCUT2D eigenvalue weighted by Gasteiger charge is 2.15. The highest BCUT2D eigenvalue weighted by molar-refractivity contribution is 5.90. The molecule has 0 amide bonds. The van der Waals surface area contributed by atoms with E-state index in [1.807, 2.05) is 57.2 Å². The first-order chi connectivity index (χ1) is 14.4. The molecule has 1 aliphatic heterocycles. The number of rotatable bonds is 6. The lowest BCUT2D eigenvalue weighted by Gasteiger charge is -2.20. The largest absolute Gasteiger partial charge is 0.497 e. The van der Waals surface area contributed by atoms with Crippen molar-refractivity contribution in [2.45, 2.75) is 41.0 Å². The van der Waals surface area contributed by atoms with Crippen LogP contribution in [0, 0.1) is 12.8 Å². The third kappa shape index (κ3) is 10.2. The first-order valence-corrected chi connectivity index (χ1v) is 10.3. The Kier molecular flexibility index (Phi) is 14.6. The monoisotopic (exact) mass is 417 g/mol. The summed E-state index contributed by atoms with van der Waals surface area (Å²) in [4.78, 5) is 4.37. The van der Waals surface area contributed by atoms with Crippen LogP contribution in [0.3, 0.4) is 0 Å². The predicted octanol–water partition coefficient (Wildman–Crippen LogP) is 5.68. The summed E-state index contributed by atoms with van der Waals surface area (Å²) in [6.07, 6.45) is 9.00. The molecule has 1 heterocycles. The molecule has 30 heavy (non-hydrogen) atoms. The summed E-state index contributed by atoms with van der Waals surface area (Å²) in [5, 5.41) is 3.20. The van der Waals surface area contributed by atoms with Gasteiger partial charge in [0.1, 0.15) is 11.5 Å². The van der Waals surface area contributed by atoms with Crippen molar-refractivity contribution in [2.75, 3.05) is 38.9 Å². The predicted molar refractivity (Wildman–Crippen MR) is 129 cm³/mol. The SMILES string of the molecule is CC.CC/C=C(\C=C/C(C)C1=CCN=C(Nc2ccc(N)c(C)c2)O1)OC.COC. The first kappa shape index (κ1) is 27.3. The number of anilines is 2. The second kappa shape index (κ2) is 16.1. The molecule has 0 spiro atoms. The van der Waals surface area contributed by atoms with E-state index < -0.39 is 0 Å². The average Bonchev–Trinajstić information content (AvgIpc) is 2.75. The summed E-state index contributed by atoms with van der Waals surface area (Å²) in [6.45, 7) is 10.7. The molecule has 1 aromatic rings. The van der Waals surface area contributed by atoms with Crippen molar-refractivity contribution in [2.24, 2.45) is 10.9 Å². The van der Waals surface area contributed by atoms with Gasteiger partial charge in [-0.25, -0.2) is 4.99 Å². The van der Waals surface area contributed by atoms with Gasteiger partial charge in [0, 0.05) is 31.5 Å². The third-order valence-electron chi connectivity index (χ3n) is 3.90. The van der Waals surface area contributed by atoms with E-state index in [9.17, 15) is 0 Å². The van der Waals surface area contributed by atoms with E-state index >= 15 is 0 Å². The number of allylic oxidation sites excluding steroid dienone is 3. The maximum Gasteiger partial charge on any atom is 0.294 e. The van der Waals surface area contributed by atoms with Gasteiger partial charge in [-0.05, 0) is 55.3 Å². The van der Waals surface area contributed by atoms with E-state index in [2.05, 4.69) is 35.0 Å². The van der Waals surface area contributed by atoms with Gasteiger partial charge in [0.25, 0.3) is 6.02 Å². The van der Waals surface area contributed by atoms with Crippen LogP contribution in [0.5, 0.6) is 0 Å². The van der Waals surface area contributed by atoms with Gasteiger partial charge in [0.05, 0.1) is 13.7 Å². The molecule has 0 bridgehead atoms. The van der Waals surface area contributed by atoms with Crippen LogP contribution in [0.4, 0.5) is 11.4 Å². The van der Waals surface area contributed by atoms with Crippen LogP contribution in [-0.2, 0) is 14.2 Å². The number of nitrogens with zero attached hydrogens (tertiary/aromatic N) is 1. The summed E-state index contributed by atoms with van der Waals surface area (Å²) in [7, 11) is 4.93. The van der Waals surface area contributed by atoms with E-state index in [1.165, 1.54) is 0 Å². The number of hydrogen-bond donors (Lipinski definition) is 2. The van der Waals surface area contributed by atoms with Gasteiger partial charge < -0.3 is 25.3 Å². The highest BCUT2D eigenvalue weighted by atomic mass is 16.5. The van der Waals surface area contributed by atoms with Crippen LogP contribution in [0.15, 0.2) is 59.0 Å². The summed E-state index contributed by atoms with van der Waals surface area (Å²) in [6, 6.07) is 6.26. The van der Waals surface area contributed by atoms with Crippen LogP contribution in [0.25, 0.3) is 0 Å². The van der Waals surface area contributed by atoms with Gasteiger partial charge in [-0.3, -0.25) is 0 Å². The molecule has 6 nitrogen and oxygen atoms in total. The second-order valence-electron chi connectivity index (χ2n) is 6.33. The lowest BCUT2D eigenvalue weighted by molar-refractivity contribution is 0.277. The molecule has 0 aliphatic carbocycles. The van der Waals surface area contributed by atoms with Crippen molar-refractivity contribution in [3.05, 3.63) is 59.6 Å². The van der Waals surface area contributed by atoms with E-state index in [-0.39, 0.29) is 5.92 Å². The summed E-state index contributed by atoms with van der Waals surface area (Å²) < 4.78 is 15.5. The lowest BCUT2D eigenvalue weighted by Crippen LogP contribution is -2.21. The summed E-state index contributed by atoms with van der Waals surface area (Å²) >= 11 is 0. The molecule has 0 fully saturated rings. The van der Waals surface area contributed by atoms with Gasteiger partial charge in [-0.1, -0.05) is 33.8 Å². The molecular weight excluding hydrogens is 378 g/mol. The Morgan fingerprint density at radius 1 is 1.30 bits per heavy atom. The maximum absolute atomic E-state index is 5.91. The Balaban J connectivity index is 0.00000154. The van der Waals surface area contributed by atoms with Crippen molar-refractivity contribution in [3.63, 3.8) is 0 Å². The van der Waals surface area contributed by atoms with Gasteiger partial charge >= 0.3 is 0 Å². The first-order valence-electron chi connectivity index (χ1n) is 10.3. The van der Waals surface area contributed by atoms with Gasteiger partial charge in [0.15, 0.2) is 0 Å². The number of aliphatic imine (C=N–C) groups is 1. The van der Waals surface area contributed by atoms with Gasteiger partial charge in [-0.15, -0.1) is 0 Å². The minimum atomic E-state index is 0.121. The summed E-state index contributed by atoms with van der Waals surface area (Å²) in [5.41, 5.74) is 8.54. The molecule has 0 saturated heterocycles. The zero-order chi connectivity index (χ0) is 22.9. The van der Waals surface area contributed by atoms with E-state index in [0.29, 0.717) is 12.6 Å². The summed E-state index contributed by atoms with van der Waals surface area (Å²) in [5.74, 6) is 1.85. The van der Waals surface area contributed by atoms with Crippen LogP contribution in [-0.4, -0.2) is 33.9 Å². The molecule has 168 valence electrons. The zero-order valence-corrected chi connectivity index (χ0v) is 19.8. The fourth-order valence-corrected chi connectivity index (χ4v) is 2.38. The third-order valence-corrected chi connectivity index (χ3v) is 3.90. The van der Waals surface area contributed by atoms with Gasteiger partial charge in [0.2, 0.25) is 0 Å². The molecule has 1 aliphatic rings. The number of aryl methyl sites for hydroxylation is 1. The van der Waals surface area contributed by atoms with E-state index in [0.717, 1.165) is 34.9 Å². The molecule has 3 N–H and O–H groups in total. The molecule has 1 aromatic carbocycles. The number of methoxy groups -OCH3 is 2. The topological polar surface area (TPSA) is 78.1 Å². The molecule has 2 rings (SSSR count). The normalized spacial score (nSPS) is 14.2. The molecule has 6 heteroatoms. The molecular formula is C24H39N3O3. The molecule has 1 unspecified atom stereocenters. The Morgan fingerprint density at radius 2 is 1.97 bits per heavy atom. The number of nitrogen functional groups attached to an aromatic ring is 1. The minimum absolute atomic E-state index is 0.121. The number of hydrogen-bond acceptors (Lipinski definition) is 6. The molecule has 0 saturated carbocycles. The Labute approximate surface area is 182 Å². The second-order valence-corrected chi connectivity index (χ2v) is 6.33. The Hall–Kier alpha value is -2.73. The number of nitrogens with one attached hydrogen (secondary N) is 1. The van der Waals surface area contributed by atoms with Crippen molar-refractivity contribution >= 4 is 17.4 Å². The quantitative estimate of drug-likeness (QED) is 0.354. The fraction of sp³-hybridized carbons (Fsp3) is 0.458. The number of benzene rings is 1. The lowest BCUT2D eigenvalue weighted by atomic mass is 10.1. The Morgan fingerprint density at radius 3 is 2.53 bits per heavy atom. The van der Waals surface area contributed by atoms with E-state index in [4.69, 9.17) is 15.2 Å². The number of ether oxygens (including phenoxy) is 3. The van der Waals surface area contributed by atoms with E-state index in [1.54, 1.807) is 21.3 Å². The molecule has 1 atom stereocenters. The van der Waals surface area contributed by atoms with Crippen LogP contribution < -0.4 is 11.1 Å². The highest BCUT2D eigenvalue weighted by Crippen LogP contribution is 2.21. The average molecular weight is 418 g/mol. The molecule has 0 aromatic heterocycles.